The van der Waals surface area contributed by atoms with Gasteiger partial charge in [-0.3, -0.25) is 9.63 Å². The van der Waals surface area contributed by atoms with Crippen molar-refractivity contribution in [1.82, 2.24) is 15.0 Å². The number of benzene rings is 2. The van der Waals surface area contributed by atoms with E-state index in [4.69, 9.17) is 4.84 Å². The van der Waals surface area contributed by atoms with Gasteiger partial charge in [-0.1, -0.05) is 42.5 Å². The number of hydrogen-bond acceptors (Lipinski definition) is 3. The van der Waals surface area contributed by atoms with Gasteiger partial charge in [-0.2, -0.15) is 0 Å². The van der Waals surface area contributed by atoms with E-state index in [-0.39, 0.29) is 5.91 Å². The van der Waals surface area contributed by atoms with Crippen LogP contribution in [0.2, 0.25) is 0 Å². The minimum absolute atomic E-state index is 0.209. The second-order valence-electron chi connectivity index (χ2n) is 5.06. The zero-order chi connectivity index (χ0) is 15.4. The Labute approximate surface area is 128 Å². The Balaban J connectivity index is 1.62. The number of hydroxylamine groups is 1. The van der Waals surface area contributed by atoms with E-state index in [1.165, 1.54) is 0 Å². The quantitative estimate of drug-likeness (QED) is 0.736. The molecule has 3 rings (SSSR count). The van der Waals surface area contributed by atoms with Gasteiger partial charge in [0.15, 0.2) is 0 Å². The molecule has 5 nitrogen and oxygen atoms in total. The molecule has 5 heteroatoms. The highest BCUT2D eigenvalue weighted by molar-refractivity contribution is 5.82. The summed E-state index contributed by atoms with van der Waals surface area (Å²) in [5, 5.41) is 0. The van der Waals surface area contributed by atoms with Crippen LogP contribution in [0, 0.1) is 0 Å². The molecule has 0 aliphatic rings. The van der Waals surface area contributed by atoms with Crippen molar-refractivity contribution in [3.63, 3.8) is 0 Å². The number of rotatable bonds is 5. The van der Waals surface area contributed by atoms with Crippen LogP contribution in [-0.2, 0) is 16.2 Å². The number of aromatic nitrogens is 2. The molecule has 0 saturated heterocycles. The van der Waals surface area contributed by atoms with Gasteiger partial charge in [-0.05, 0) is 24.6 Å². The fourth-order valence-electron chi connectivity index (χ4n) is 2.26. The summed E-state index contributed by atoms with van der Waals surface area (Å²) in [6.07, 6.45) is 1.67. The van der Waals surface area contributed by atoms with Gasteiger partial charge in [-0.15, -0.1) is 0 Å². The standard InChI is InChI=1S/C17H17N3O2/c1-13(20-12-18-15-9-5-6-10-16(15)20)17(21)19-22-11-14-7-3-2-4-8-14/h2-10,12-13H,11H2,1H3,(H,19,21). The molecule has 0 fully saturated rings. The number of hydrogen-bond donors (Lipinski definition) is 1. The van der Waals surface area contributed by atoms with Gasteiger partial charge in [0.1, 0.15) is 6.04 Å². The molecule has 1 aromatic heterocycles. The summed E-state index contributed by atoms with van der Waals surface area (Å²) >= 11 is 0. The molecule has 0 spiro atoms. The van der Waals surface area contributed by atoms with Crippen molar-refractivity contribution < 1.29 is 9.63 Å². The zero-order valence-corrected chi connectivity index (χ0v) is 12.3. The predicted molar refractivity (Wildman–Crippen MR) is 83.8 cm³/mol. The first-order chi connectivity index (χ1) is 10.8. The SMILES string of the molecule is CC(C(=O)NOCc1ccccc1)n1cnc2ccccc21. The van der Waals surface area contributed by atoms with Crippen LogP contribution < -0.4 is 5.48 Å². The molecule has 1 atom stereocenters. The number of carbonyl (C=O) groups is 1. The maximum absolute atomic E-state index is 12.2. The highest BCUT2D eigenvalue weighted by atomic mass is 16.6. The lowest BCUT2D eigenvalue weighted by Crippen LogP contribution is -2.30. The van der Waals surface area contributed by atoms with E-state index in [2.05, 4.69) is 10.5 Å². The second kappa shape index (κ2) is 6.41. The van der Waals surface area contributed by atoms with Gasteiger partial charge in [0.25, 0.3) is 5.91 Å². The first kappa shape index (κ1) is 14.3. The summed E-state index contributed by atoms with van der Waals surface area (Å²) in [7, 11) is 0. The number of fused-ring (bicyclic) bond motifs is 1. The lowest BCUT2D eigenvalue weighted by atomic mass is 10.2. The third-order valence-corrected chi connectivity index (χ3v) is 3.53. The van der Waals surface area contributed by atoms with Gasteiger partial charge < -0.3 is 4.57 Å². The molecule has 112 valence electrons. The van der Waals surface area contributed by atoms with Crippen molar-refractivity contribution in [2.75, 3.05) is 0 Å². The average molecular weight is 295 g/mol. The van der Waals surface area contributed by atoms with Gasteiger partial charge in [0.05, 0.1) is 24.0 Å². The van der Waals surface area contributed by atoms with Gasteiger partial charge >= 0.3 is 0 Å². The fraction of sp³-hybridized carbons (Fsp3) is 0.176. The van der Waals surface area contributed by atoms with Crippen molar-refractivity contribution in [3.05, 3.63) is 66.5 Å². The maximum atomic E-state index is 12.2. The Morgan fingerprint density at radius 1 is 1.18 bits per heavy atom. The number of nitrogens with zero attached hydrogens (tertiary/aromatic N) is 2. The summed E-state index contributed by atoms with van der Waals surface area (Å²) in [4.78, 5) is 21.8. The van der Waals surface area contributed by atoms with Crippen molar-refractivity contribution in [1.29, 1.82) is 0 Å². The normalized spacial score (nSPS) is 12.2. The molecule has 22 heavy (non-hydrogen) atoms. The lowest BCUT2D eigenvalue weighted by Gasteiger charge is -2.14. The smallest absolute Gasteiger partial charge is 0.266 e. The number of para-hydroxylation sites is 2. The summed E-state index contributed by atoms with van der Waals surface area (Å²) in [6, 6.07) is 17.0. The van der Waals surface area contributed by atoms with E-state index in [9.17, 15) is 4.79 Å². The molecule has 0 bridgehead atoms. The van der Waals surface area contributed by atoms with E-state index >= 15 is 0 Å². The summed E-state index contributed by atoms with van der Waals surface area (Å²) < 4.78 is 1.83. The first-order valence-electron chi connectivity index (χ1n) is 7.13. The van der Waals surface area contributed by atoms with Crippen LogP contribution in [0.3, 0.4) is 0 Å². The van der Waals surface area contributed by atoms with E-state index in [0.29, 0.717) is 6.61 Å². The molecule has 1 amide bonds. The van der Waals surface area contributed by atoms with Crippen LogP contribution in [0.5, 0.6) is 0 Å². The topological polar surface area (TPSA) is 56.1 Å². The van der Waals surface area contributed by atoms with E-state index in [1.54, 1.807) is 6.33 Å². The van der Waals surface area contributed by atoms with E-state index in [1.807, 2.05) is 66.1 Å². The average Bonchev–Trinajstić information content (AvgIpc) is 2.99. The van der Waals surface area contributed by atoms with Gasteiger partial charge in [0.2, 0.25) is 0 Å². The zero-order valence-electron chi connectivity index (χ0n) is 12.3. The largest absolute Gasteiger partial charge is 0.318 e. The van der Waals surface area contributed by atoms with Gasteiger partial charge in [0, 0.05) is 0 Å². The molecule has 1 N–H and O–H groups in total. The number of carbonyl (C=O) groups excluding carboxylic acids is 1. The Kier molecular flexibility index (Phi) is 4.16. The Morgan fingerprint density at radius 2 is 1.91 bits per heavy atom. The molecule has 2 aromatic carbocycles. The Bertz CT molecular complexity index is 768. The van der Waals surface area contributed by atoms with Crippen LogP contribution in [0.15, 0.2) is 60.9 Å². The third-order valence-electron chi connectivity index (χ3n) is 3.53. The molecule has 1 unspecified atom stereocenters. The number of amides is 1. The van der Waals surface area contributed by atoms with Crippen LogP contribution in [-0.4, -0.2) is 15.5 Å². The first-order valence-corrected chi connectivity index (χ1v) is 7.13. The highest BCUT2D eigenvalue weighted by Gasteiger charge is 2.17. The van der Waals surface area contributed by atoms with Crippen LogP contribution >= 0.6 is 0 Å². The van der Waals surface area contributed by atoms with Crippen LogP contribution in [0.4, 0.5) is 0 Å². The minimum atomic E-state index is -0.400. The molecule has 0 radical (unpaired) electrons. The summed E-state index contributed by atoms with van der Waals surface area (Å²) in [5.41, 5.74) is 5.29. The molecule has 3 aromatic rings. The van der Waals surface area contributed by atoms with E-state index < -0.39 is 6.04 Å². The van der Waals surface area contributed by atoms with Crippen molar-refractivity contribution in [2.24, 2.45) is 0 Å². The molecular formula is C17H17N3O2. The highest BCUT2D eigenvalue weighted by Crippen LogP contribution is 2.17. The molecular weight excluding hydrogens is 278 g/mol. The number of nitrogens with one attached hydrogen (secondary N) is 1. The van der Waals surface area contributed by atoms with Gasteiger partial charge in [-0.25, -0.2) is 10.5 Å². The maximum Gasteiger partial charge on any atom is 0.266 e. The van der Waals surface area contributed by atoms with Crippen LogP contribution in [0.1, 0.15) is 18.5 Å². The molecule has 1 heterocycles. The second-order valence-corrected chi connectivity index (χ2v) is 5.06. The van der Waals surface area contributed by atoms with Crippen molar-refractivity contribution in [3.8, 4) is 0 Å². The number of imidazole rings is 1. The fourth-order valence-corrected chi connectivity index (χ4v) is 2.26. The summed E-state index contributed by atoms with van der Waals surface area (Å²) in [5.74, 6) is -0.209. The Morgan fingerprint density at radius 3 is 2.73 bits per heavy atom. The predicted octanol–water partition coefficient (Wildman–Crippen LogP) is 2.85. The minimum Gasteiger partial charge on any atom is -0.318 e. The molecule has 0 saturated carbocycles. The third kappa shape index (κ3) is 2.99. The monoisotopic (exact) mass is 295 g/mol. The molecule has 0 aliphatic carbocycles. The van der Waals surface area contributed by atoms with Crippen molar-refractivity contribution in [2.45, 2.75) is 19.6 Å². The molecule has 0 aliphatic heterocycles. The van der Waals surface area contributed by atoms with Crippen LogP contribution in [0.25, 0.3) is 11.0 Å². The van der Waals surface area contributed by atoms with Crippen molar-refractivity contribution >= 4 is 16.9 Å². The van der Waals surface area contributed by atoms with E-state index in [0.717, 1.165) is 16.6 Å². The lowest BCUT2D eigenvalue weighted by molar-refractivity contribution is -0.137. The summed E-state index contributed by atoms with van der Waals surface area (Å²) in [6.45, 7) is 2.15. The Hall–Kier alpha value is -2.66.